The van der Waals surface area contributed by atoms with E-state index >= 15 is 0 Å². The molecule has 0 spiro atoms. The van der Waals surface area contributed by atoms with E-state index in [1.165, 1.54) is 13.4 Å². The molecule has 0 amide bonds. The highest BCUT2D eigenvalue weighted by Crippen LogP contribution is 2.14. The van der Waals surface area contributed by atoms with Crippen molar-refractivity contribution in [1.82, 2.24) is 0 Å². The minimum atomic E-state index is -0.369. The van der Waals surface area contributed by atoms with Crippen LogP contribution in [0.3, 0.4) is 0 Å². The maximum Gasteiger partial charge on any atom is 0.336 e. The molecule has 0 saturated carbocycles. The van der Waals surface area contributed by atoms with E-state index in [-0.39, 0.29) is 18.2 Å². The van der Waals surface area contributed by atoms with Crippen molar-refractivity contribution in [2.75, 3.05) is 11.5 Å². The van der Waals surface area contributed by atoms with Crippen LogP contribution in [0.15, 0.2) is 42.2 Å². The molecule has 0 unspecified atom stereocenters. The number of carbonyl (C=O) groups is 1. The van der Waals surface area contributed by atoms with Gasteiger partial charge in [-0.3, -0.25) is 0 Å². The Kier molecular flexibility index (Phi) is 9.94. The van der Waals surface area contributed by atoms with E-state index in [0.29, 0.717) is 12.2 Å². The normalized spacial score (nSPS) is 14.2. The third kappa shape index (κ3) is 8.37. The summed E-state index contributed by atoms with van der Waals surface area (Å²) in [6.07, 6.45) is 3.28. The van der Waals surface area contributed by atoms with Gasteiger partial charge in [0.25, 0.3) is 0 Å². The van der Waals surface area contributed by atoms with Crippen molar-refractivity contribution in [1.29, 1.82) is 0 Å². The number of benzene rings is 1. The Balaban J connectivity index is 2.46. The Morgan fingerprint density at radius 1 is 1.30 bits per heavy atom. The maximum atomic E-state index is 11.4. The number of esters is 1. The average molecular weight is 432 g/mol. The Labute approximate surface area is 152 Å². The second-order valence-corrected chi connectivity index (χ2v) is 6.45. The van der Waals surface area contributed by atoms with Crippen molar-refractivity contribution in [3.8, 4) is 0 Å². The van der Waals surface area contributed by atoms with Crippen molar-refractivity contribution < 1.29 is 19.0 Å². The Bertz CT molecular complexity index is 487. The smallest absolute Gasteiger partial charge is 0.336 e. The van der Waals surface area contributed by atoms with Crippen LogP contribution in [0.2, 0.25) is 0 Å². The summed E-state index contributed by atoms with van der Waals surface area (Å²) in [5.74, 6) is -0.369. The minimum Gasteiger partial charge on any atom is -0.497 e. The van der Waals surface area contributed by atoms with E-state index in [2.05, 4.69) is 27.3 Å². The molecule has 0 radical (unpaired) electrons. The van der Waals surface area contributed by atoms with Crippen molar-refractivity contribution in [2.45, 2.75) is 45.5 Å². The number of carbonyl (C=O) groups excluding carboxylic acids is 1. The zero-order chi connectivity index (χ0) is 17.1. The molecule has 2 atom stereocenters. The van der Waals surface area contributed by atoms with Crippen LogP contribution in [0, 0.1) is 0 Å². The number of methoxy groups -OCH3 is 1. The molecule has 23 heavy (non-hydrogen) atoms. The highest BCUT2D eigenvalue weighted by molar-refractivity contribution is 14.1. The molecule has 0 aliphatic rings. The second kappa shape index (κ2) is 11.5. The fraction of sp³-hybridized carbons (Fsp3) is 0.500. The molecule has 1 aromatic rings. The standard InChI is InChI=1S/C18H25IO4/c1-14(18(20)21-3)12-23-17(9-10-19)11-15(2)22-13-16-7-5-4-6-8-16/h4-8,12,15,17H,9-11,13H2,1-3H3/b14-12+/t15-,17-/m1/s1. The quantitative estimate of drug-likeness (QED) is 0.182. The monoisotopic (exact) mass is 432 g/mol. The molecule has 0 bridgehead atoms. The van der Waals surface area contributed by atoms with Gasteiger partial charge in [0, 0.05) is 10.8 Å². The summed E-state index contributed by atoms with van der Waals surface area (Å²) >= 11 is 2.32. The highest BCUT2D eigenvalue weighted by Gasteiger charge is 2.15. The third-order valence-corrected chi connectivity index (χ3v) is 3.97. The molecule has 5 heteroatoms. The van der Waals surface area contributed by atoms with Crippen LogP contribution in [0.25, 0.3) is 0 Å². The molecule has 0 aliphatic heterocycles. The Morgan fingerprint density at radius 2 is 2.00 bits per heavy atom. The molecule has 1 rings (SSSR count). The zero-order valence-electron chi connectivity index (χ0n) is 14.0. The van der Waals surface area contributed by atoms with Gasteiger partial charge in [0.15, 0.2) is 0 Å². The first kappa shape index (κ1) is 20.0. The number of ether oxygens (including phenoxy) is 3. The third-order valence-electron chi connectivity index (χ3n) is 3.35. The average Bonchev–Trinajstić information content (AvgIpc) is 2.58. The maximum absolute atomic E-state index is 11.4. The highest BCUT2D eigenvalue weighted by atomic mass is 127. The minimum absolute atomic E-state index is 0.0253. The molecular weight excluding hydrogens is 407 g/mol. The van der Waals surface area contributed by atoms with Gasteiger partial charge in [-0.1, -0.05) is 52.9 Å². The number of alkyl halides is 1. The molecule has 0 aromatic heterocycles. The van der Waals surface area contributed by atoms with Crippen LogP contribution < -0.4 is 0 Å². The van der Waals surface area contributed by atoms with Crippen LogP contribution in [0.1, 0.15) is 32.3 Å². The molecule has 0 saturated heterocycles. The molecule has 4 nitrogen and oxygen atoms in total. The summed E-state index contributed by atoms with van der Waals surface area (Å²) < 4.78 is 17.3. The van der Waals surface area contributed by atoms with Gasteiger partial charge in [0.05, 0.1) is 31.7 Å². The van der Waals surface area contributed by atoms with Crippen LogP contribution in [0.5, 0.6) is 0 Å². The van der Waals surface area contributed by atoms with Gasteiger partial charge in [-0.05, 0) is 25.8 Å². The van der Waals surface area contributed by atoms with Gasteiger partial charge in [-0.15, -0.1) is 0 Å². The second-order valence-electron chi connectivity index (χ2n) is 5.37. The zero-order valence-corrected chi connectivity index (χ0v) is 16.1. The summed E-state index contributed by atoms with van der Waals surface area (Å²) in [6, 6.07) is 10.1. The SMILES string of the molecule is COC(=O)/C(C)=C/O[C@H](CCI)C[C@@H](C)OCc1ccccc1. The van der Waals surface area contributed by atoms with Crippen molar-refractivity contribution in [2.24, 2.45) is 0 Å². The molecule has 0 heterocycles. The van der Waals surface area contributed by atoms with Gasteiger partial charge >= 0.3 is 5.97 Å². The van der Waals surface area contributed by atoms with E-state index in [1.807, 2.05) is 37.3 Å². The molecule has 0 fully saturated rings. The number of hydrogen-bond acceptors (Lipinski definition) is 4. The number of hydrogen-bond donors (Lipinski definition) is 0. The van der Waals surface area contributed by atoms with Crippen LogP contribution in [-0.2, 0) is 25.6 Å². The summed E-state index contributed by atoms with van der Waals surface area (Å²) in [5.41, 5.74) is 1.62. The van der Waals surface area contributed by atoms with Gasteiger partial charge in [-0.2, -0.15) is 0 Å². The molecule has 0 N–H and O–H groups in total. The molecular formula is C18H25IO4. The van der Waals surface area contributed by atoms with Gasteiger partial charge in [-0.25, -0.2) is 4.79 Å². The lowest BCUT2D eigenvalue weighted by atomic mass is 10.1. The Hall–Kier alpha value is -1.08. The van der Waals surface area contributed by atoms with Crippen molar-refractivity contribution in [3.05, 3.63) is 47.7 Å². The molecule has 1 aromatic carbocycles. The first-order chi connectivity index (χ1) is 11.1. The summed E-state index contributed by atoms with van der Waals surface area (Å²) in [7, 11) is 1.36. The van der Waals surface area contributed by atoms with E-state index < -0.39 is 0 Å². The van der Waals surface area contributed by atoms with E-state index in [0.717, 1.165) is 22.8 Å². The lowest BCUT2D eigenvalue weighted by molar-refractivity contribution is -0.136. The first-order valence-corrected chi connectivity index (χ1v) is 9.21. The number of rotatable bonds is 10. The molecule has 0 aliphatic carbocycles. The number of halogens is 1. The van der Waals surface area contributed by atoms with E-state index in [1.54, 1.807) is 6.92 Å². The Morgan fingerprint density at radius 3 is 2.61 bits per heavy atom. The van der Waals surface area contributed by atoms with E-state index in [4.69, 9.17) is 9.47 Å². The topological polar surface area (TPSA) is 44.8 Å². The molecule has 128 valence electrons. The predicted molar refractivity (Wildman–Crippen MR) is 99.5 cm³/mol. The van der Waals surface area contributed by atoms with Gasteiger partial charge in [0.1, 0.15) is 6.10 Å². The van der Waals surface area contributed by atoms with Gasteiger partial charge < -0.3 is 14.2 Å². The lowest BCUT2D eigenvalue weighted by Gasteiger charge is -2.21. The predicted octanol–water partition coefficient (Wildman–Crippen LogP) is 4.27. The van der Waals surface area contributed by atoms with E-state index in [9.17, 15) is 4.79 Å². The van der Waals surface area contributed by atoms with Crippen LogP contribution in [-0.4, -0.2) is 29.7 Å². The van der Waals surface area contributed by atoms with Crippen molar-refractivity contribution >= 4 is 28.6 Å². The summed E-state index contributed by atoms with van der Waals surface area (Å²) in [5, 5.41) is 0. The van der Waals surface area contributed by atoms with Crippen LogP contribution >= 0.6 is 22.6 Å². The largest absolute Gasteiger partial charge is 0.497 e. The first-order valence-electron chi connectivity index (χ1n) is 7.68. The fourth-order valence-electron chi connectivity index (χ4n) is 2.02. The van der Waals surface area contributed by atoms with Crippen molar-refractivity contribution in [3.63, 3.8) is 0 Å². The lowest BCUT2D eigenvalue weighted by Crippen LogP contribution is -2.20. The summed E-state index contributed by atoms with van der Waals surface area (Å²) in [4.78, 5) is 11.4. The van der Waals surface area contributed by atoms with Crippen LogP contribution in [0.4, 0.5) is 0 Å². The van der Waals surface area contributed by atoms with Gasteiger partial charge in [0.2, 0.25) is 0 Å². The fourth-order valence-corrected chi connectivity index (χ4v) is 2.72. The summed E-state index contributed by atoms with van der Waals surface area (Å²) in [6.45, 7) is 4.32.